The molecule has 0 aliphatic carbocycles. The normalized spacial score (nSPS) is 12.9. The van der Waals surface area contributed by atoms with Crippen LogP contribution in [-0.2, 0) is 0 Å². The molecule has 2 aromatic rings. The van der Waals surface area contributed by atoms with Gasteiger partial charge in [0.15, 0.2) is 11.5 Å². The van der Waals surface area contributed by atoms with Gasteiger partial charge >= 0.3 is 0 Å². The second-order valence-corrected chi connectivity index (χ2v) is 4.11. The smallest absolute Gasteiger partial charge is 0.199 e. The molecule has 0 spiro atoms. The first-order chi connectivity index (χ1) is 8.28. The molecular formula is C13H18N2O2. The number of oxazole rings is 1. The molecule has 17 heavy (non-hydrogen) atoms. The molecule has 1 aromatic heterocycles. The molecule has 0 radical (unpaired) electrons. The molecule has 2 N–H and O–H groups in total. The zero-order valence-corrected chi connectivity index (χ0v) is 10.3. The van der Waals surface area contributed by atoms with Gasteiger partial charge in [0.25, 0.3) is 0 Å². The van der Waals surface area contributed by atoms with Crippen LogP contribution in [-0.4, -0.2) is 18.6 Å². The van der Waals surface area contributed by atoms with Crippen LogP contribution in [0.25, 0.3) is 11.1 Å². The summed E-state index contributed by atoms with van der Waals surface area (Å²) in [4.78, 5) is 4.48. The van der Waals surface area contributed by atoms with E-state index in [9.17, 15) is 0 Å². The summed E-state index contributed by atoms with van der Waals surface area (Å²) in [6.45, 7) is 2.70. The number of methoxy groups -OCH3 is 1. The van der Waals surface area contributed by atoms with Crippen LogP contribution >= 0.6 is 0 Å². The number of hydrogen-bond acceptors (Lipinski definition) is 4. The summed E-state index contributed by atoms with van der Waals surface area (Å²) in [5.74, 6) is 1.72. The molecule has 0 fully saturated rings. The lowest BCUT2D eigenvalue weighted by molar-refractivity contribution is 0.413. The molecule has 1 unspecified atom stereocenters. The predicted molar refractivity (Wildman–Crippen MR) is 67.3 cm³/mol. The predicted octanol–water partition coefficient (Wildman–Crippen LogP) is 2.68. The Kier molecular flexibility index (Phi) is 3.64. The fourth-order valence-electron chi connectivity index (χ4n) is 1.91. The zero-order valence-electron chi connectivity index (χ0n) is 10.3. The van der Waals surface area contributed by atoms with Gasteiger partial charge in [-0.25, -0.2) is 4.98 Å². The van der Waals surface area contributed by atoms with Crippen LogP contribution in [0, 0.1) is 0 Å². The molecule has 1 atom stereocenters. The molecule has 4 heteroatoms. The molecule has 0 saturated heterocycles. The van der Waals surface area contributed by atoms with E-state index in [2.05, 4.69) is 11.9 Å². The molecule has 2 rings (SSSR count). The molecule has 0 amide bonds. The second-order valence-electron chi connectivity index (χ2n) is 4.11. The molecule has 0 saturated carbocycles. The molecule has 1 aromatic carbocycles. The number of ether oxygens (including phenoxy) is 1. The summed E-state index contributed by atoms with van der Waals surface area (Å²) in [6, 6.07) is 5.64. The Morgan fingerprint density at radius 1 is 1.47 bits per heavy atom. The standard InChI is InChI=1S/C13H18N2O2/c1-3-4-9(8-14)13-15-11-6-5-10(16-2)7-12(11)17-13/h5-7,9H,3-4,8,14H2,1-2H3. The Morgan fingerprint density at radius 3 is 2.94 bits per heavy atom. The van der Waals surface area contributed by atoms with Crippen molar-refractivity contribution in [2.45, 2.75) is 25.7 Å². The Bertz CT molecular complexity index is 493. The van der Waals surface area contributed by atoms with Gasteiger partial charge < -0.3 is 14.9 Å². The van der Waals surface area contributed by atoms with Gasteiger partial charge in [-0.3, -0.25) is 0 Å². The lowest BCUT2D eigenvalue weighted by Gasteiger charge is -2.07. The van der Waals surface area contributed by atoms with Crippen LogP contribution in [0.2, 0.25) is 0 Å². The number of benzene rings is 1. The Hall–Kier alpha value is -1.55. The van der Waals surface area contributed by atoms with E-state index >= 15 is 0 Å². The number of nitrogens with zero attached hydrogens (tertiary/aromatic N) is 1. The molecule has 92 valence electrons. The van der Waals surface area contributed by atoms with Crippen molar-refractivity contribution >= 4 is 11.1 Å². The second kappa shape index (κ2) is 5.19. The van der Waals surface area contributed by atoms with E-state index in [1.54, 1.807) is 7.11 Å². The average molecular weight is 234 g/mol. The molecule has 4 nitrogen and oxygen atoms in total. The largest absolute Gasteiger partial charge is 0.497 e. The topological polar surface area (TPSA) is 61.3 Å². The minimum Gasteiger partial charge on any atom is -0.497 e. The van der Waals surface area contributed by atoms with Gasteiger partial charge in [-0.1, -0.05) is 13.3 Å². The molecule has 1 heterocycles. The van der Waals surface area contributed by atoms with E-state index in [4.69, 9.17) is 14.9 Å². The van der Waals surface area contributed by atoms with Gasteiger partial charge in [-0.15, -0.1) is 0 Å². The highest BCUT2D eigenvalue weighted by atomic mass is 16.5. The van der Waals surface area contributed by atoms with E-state index in [-0.39, 0.29) is 5.92 Å². The average Bonchev–Trinajstić information content (AvgIpc) is 2.78. The molecule has 0 aliphatic heterocycles. The van der Waals surface area contributed by atoms with E-state index in [1.165, 1.54) is 0 Å². The first-order valence-corrected chi connectivity index (χ1v) is 5.93. The fraction of sp³-hybridized carbons (Fsp3) is 0.462. The van der Waals surface area contributed by atoms with Crippen LogP contribution in [0.1, 0.15) is 31.6 Å². The highest BCUT2D eigenvalue weighted by Gasteiger charge is 2.16. The summed E-state index contributed by atoms with van der Waals surface area (Å²) in [5, 5.41) is 0. The number of aromatic nitrogens is 1. The number of fused-ring (bicyclic) bond motifs is 1. The van der Waals surface area contributed by atoms with Crippen LogP contribution in [0.3, 0.4) is 0 Å². The first-order valence-electron chi connectivity index (χ1n) is 5.93. The van der Waals surface area contributed by atoms with Gasteiger partial charge in [0.05, 0.1) is 7.11 Å². The lowest BCUT2D eigenvalue weighted by atomic mass is 10.0. The minimum atomic E-state index is 0.207. The third kappa shape index (κ3) is 2.42. The Balaban J connectivity index is 2.36. The van der Waals surface area contributed by atoms with Gasteiger partial charge in [0.2, 0.25) is 0 Å². The van der Waals surface area contributed by atoms with Crippen LogP contribution in [0.15, 0.2) is 22.6 Å². The van der Waals surface area contributed by atoms with E-state index in [0.29, 0.717) is 6.54 Å². The number of hydrogen-bond donors (Lipinski definition) is 1. The van der Waals surface area contributed by atoms with E-state index in [0.717, 1.165) is 35.6 Å². The maximum atomic E-state index is 5.74. The quantitative estimate of drug-likeness (QED) is 0.864. The van der Waals surface area contributed by atoms with Crippen LogP contribution < -0.4 is 10.5 Å². The molecular weight excluding hydrogens is 216 g/mol. The van der Waals surface area contributed by atoms with E-state index < -0.39 is 0 Å². The summed E-state index contributed by atoms with van der Waals surface area (Å²) in [6.07, 6.45) is 2.07. The van der Waals surface area contributed by atoms with Gasteiger partial charge in [-0.05, 0) is 18.6 Å². The summed E-state index contributed by atoms with van der Waals surface area (Å²) >= 11 is 0. The van der Waals surface area contributed by atoms with Crippen molar-refractivity contribution in [1.29, 1.82) is 0 Å². The van der Waals surface area contributed by atoms with Crippen molar-refractivity contribution in [3.05, 3.63) is 24.1 Å². The third-order valence-electron chi connectivity index (χ3n) is 2.88. The molecule has 0 aliphatic rings. The summed E-state index contributed by atoms with van der Waals surface area (Å²) in [5.41, 5.74) is 7.36. The van der Waals surface area contributed by atoms with Crippen molar-refractivity contribution in [3.8, 4) is 5.75 Å². The SMILES string of the molecule is CCCC(CN)c1nc2ccc(OC)cc2o1. The van der Waals surface area contributed by atoms with Crippen molar-refractivity contribution < 1.29 is 9.15 Å². The zero-order chi connectivity index (χ0) is 12.3. The van der Waals surface area contributed by atoms with Gasteiger partial charge in [0, 0.05) is 18.5 Å². The maximum absolute atomic E-state index is 5.74. The van der Waals surface area contributed by atoms with Crippen molar-refractivity contribution in [2.24, 2.45) is 5.73 Å². The molecule has 0 bridgehead atoms. The van der Waals surface area contributed by atoms with E-state index in [1.807, 2.05) is 18.2 Å². The third-order valence-corrected chi connectivity index (χ3v) is 2.88. The van der Waals surface area contributed by atoms with Crippen LogP contribution in [0.4, 0.5) is 0 Å². The van der Waals surface area contributed by atoms with Crippen molar-refractivity contribution in [3.63, 3.8) is 0 Å². The summed E-state index contributed by atoms with van der Waals surface area (Å²) in [7, 11) is 1.64. The highest BCUT2D eigenvalue weighted by Crippen LogP contribution is 2.26. The lowest BCUT2D eigenvalue weighted by Crippen LogP contribution is -2.12. The highest BCUT2D eigenvalue weighted by molar-refractivity contribution is 5.74. The fourth-order valence-corrected chi connectivity index (χ4v) is 1.91. The Labute approximate surface area is 101 Å². The number of rotatable bonds is 5. The van der Waals surface area contributed by atoms with Gasteiger partial charge in [0.1, 0.15) is 11.3 Å². The van der Waals surface area contributed by atoms with Crippen LogP contribution in [0.5, 0.6) is 5.75 Å². The van der Waals surface area contributed by atoms with Gasteiger partial charge in [-0.2, -0.15) is 0 Å². The maximum Gasteiger partial charge on any atom is 0.199 e. The number of nitrogens with two attached hydrogens (primary N) is 1. The Morgan fingerprint density at radius 2 is 2.29 bits per heavy atom. The summed E-state index contributed by atoms with van der Waals surface area (Å²) < 4.78 is 10.9. The van der Waals surface area contributed by atoms with Crippen molar-refractivity contribution in [1.82, 2.24) is 4.98 Å². The monoisotopic (exact) mass is 234 g/mol. The minimum absolute atomic E-state index is 0.207. The first kappa shape index (κ1) is 11.9. The van der Waals surface area contributed by atoms with Crippen molar-refractivity contribution in [2.75, 3.05) is 13.7 Å².